The molecular weight excluding hydrogens is 398 g/mol. The fraction of sp³-hybridized carbons (Fsp3) is 0.522. The number of methoxy groups -OCH3 is 1. The Hall–Kier alpha value is -1.80. The van der Waals surface area contributed by atoms with E-state index >= 15 is 0 Å². The molecule has 0 saturated carbocycles. The van der Waals surface area contributed by atoms with E-state index in [0.717, 1.165) is 44.0 Å². The predicted octanol–water partition coefficient (Wildman–Crippen LogP) is 2.96. The number of piperazine rings is 1. The van der Waals surface area contributed by atoms with E-state index in [-0.39, 0.29) is 17.4 Å². The van der Waals surface area contributed by atoms with Gasteiger partial charge in [-0.2, -0.15) is 0 Å². The number of ether oxygens (including phenoxy) is 1. The molecule has 0 aliphatic carbocycles. The van der Waals surface area contributed by atoms with Crippen molar-refractivity contribution in [3.05, 3.63) is 57.5 Å². The lowest BCUT2D eigenvalue weighted by Crippen LogP contribution is -2.48. The Morgan fingerprint density at radius 2 is 1.83 bits per heavy atom. The lowest BCUT2D eigenvalue weighted by Gasteiger charge is -2.39. The molecule has 0 amide bonds. The molecule has 1 fully saturated rings. The number of hydrogen-bond donors (Lipinski definition) is 1. The van der Waals surface area contributed by atoms with Crippen LogP contribution in [0.4, 0.5) is 0 Å². The van der Waals surface area contributed by atoms with Crippen LogP contribution in [0.3, 0.4) is 0 Å². The van der Waals surface area contributed by atoms with Gasteiger partial charge in [-0.3, -0.25) is 9.69 Å². The predicted molar refractivity (Wildman–Crippen MR) is 123 cm³/mol. The molecule has 3 rings (SSSR count). The van der Waals surface area contributed by atoms with Gasteiger partial charge in [0, 0.05) is 50.4 Å². The number of rotatable bonds is 8. The zero-order chi connectivity index (χ0) is 21.7. The third kappa shape index (κ3) is 4.91. The van der Waals surface area contributed by atoms with Crippen LogP contribution in [0.15, 0.2) is 40.0 Å². The second-order valence-corrected chi connectivity index (χ2v) is 8.56. The molecule has 1 atom stereocenters. The van der Waals surface area contributed by atoms with Crippen LogP contribution in [-0.2, 0) is 11.3 Å². The van der Waals surface area contributed by atoms with Gasteiger partial charge in [-0.05, 0) is 43.5 Å². The molecule has 1 aliphatic heterocycles. The van der Waals surface area contributed by atoms with Crippen LogP contribution in [0.1, 0.15) is 29.8 Å². The molecule has 1 N–H and O–H groups in total. The number of aromatic nitrogens is 1. The van der Waals surface area contributed by atoms with Gasteiger partial charge in [0.1, 0.15) is 5.75 Å². The van der Waals surface area contributed by atoms with Crippen molar-refractivity contribution in [1.82, 2.24) is 14.4 Å². The fourth-order valence-corrected chi connectivity index (χ4v) is 4.58. The van der Waals surface area contributed by atoms with E-state index in [1.54, 1.807) is 29.5 Å². The number of aromatic hydroxyl groups is 1. The number of pyridine rings is 1. The Bertz CT molecular complexity index is 890. The number of aryl methyl sites for hydroxylation is 1. The van der Waals surface area contributed by atoms with E-state index in [4.69, 9.17) is 4.74 Å². The number of benzene rings is 1. The molecule has 0 unspecified atom stereocenters. The number of nitrogens with zero attached hydrogens (tertiary/aromatic N) is 3. The summed E-state index contributed by atoms with van der Waals surface area (Å²) in [6.45, 7) is 9.60. The molecule has 1 saturated heterocycles. The maximum atomic E-state index is 13.5. The number of thioether (sulfide) groups is 1. The van der Waals surface area contributed by atoms with E-state index < -0.39 is 0 Å². The second kappa shape index (κ2) is 10.5. The highest BCUT2D eigenvalue weighted by molar-refractivity contribution is 7.98. The molecule has 2 aromatic rings. The largest absolute Gasteiger partial charge is 0.507 e. The first-order valence-corrected chi connectivity index (χ1v) is 11.7. The highest BCUT2D eigenvalue weighted by Gasteiger charge is 2.31. The van der Waals surface area contributed by atoms with Gasteiger partial charge in [0.05, 0.1) is 18.2 Å². The highest BCUT2D eigenvalue weighted by Crippen LogP contribution is 2.34. The summed E-state index contributed by atoms with van der Waals surface area (Å²) < 4.78 is 6.91. The summed E-state index contributed by atoms with van der Waals surface area (Å²) >= 11 is 1.69. The molecule has 1 aromatic carbocycles. The van der Waals surface area contributed by atoms with Gasteiger partial charge in [-0.15, -0.1) is 11.8 Å². The van der Waals surface area contributed by atoms with E-state index in [0.29, 0.717) is 18.7 Å². The normalized spacial score (nSPS) is 16.7. The number of likely N-dealkylation sites (N-methyl/N-ethyl adjacent to an activating group) is 1. The quantitative estimate of drug-likeness (QED) is 0.649. The minimum absolute atomic E-state index is 0.0723. The van der Waals surface area contributed by atoms with Gasteiger partial charge in [-0.1, -0.05) is 19.1 Å². The summed E-state index contributed by atoms with van der Waals surface area (Å²) in [6.07, 6.45) is 2.05. The zero-order valence-corrected chi connectivity index (χ0v) is 19.2. The monoisotopic (exact) mass is 431 g/mol. The lowest BCUT2D eigenvalue weighted by molar-refractivity contribution is 0.111. The summed E-state index contributed by atoms with van der Waals surface area (Å²) in [6, 6.07) is 9.77. The lowest BCUT2D eigenvalue weighted by atomic mass is 9.96. The molecule has 164 valence electrons. The van der Waals surface area contributed by atoms with Crippen molar-refractivity contribution in [2.24, 2.45) is 0 Å². The van der Waals surface area contributed by atoms with Crippen molar-refractivity contribution in [2.75, 3.05) is 52.7 Å². The van der Waals surface area contributed by atoms with Crippen molar-refractivity contribution in [2.45, 2.75) is 31.3 Å². The van der Waals surface area contributed by atoms with Crippen LogP contribution in [-0.4, -0.2) is 72.2 Å². The SMILES string of the molecule is CCN1CCN([C@@H](c2ccc(SC)cc2)c2c(O)cc(C)n(CCOC)c2=O)CC1. The van der Waals surface area contributed by atoms with Gasteiger partial charge >= 0.3 is 0 Å². The minimum atomic E-state index is -0.276. The summed E-state index contributed by atoms with van der Waals surface area (Å²) in [5.74, 6) is 0.0723. The van der Waals surface area contributed by atoms with Crippen molar-refractivity contribution in [3.63, 3.8) is 0 Å². The first kappa shape index (κ1) is 22.9. The molecule has 1 aliphatic rings. The molecule has 0 radical (unpaired) electrons. The van der Waals surface area contributed by atoms with Crippen LogP contribution in [0.25, 0.3) is 0 Å². The average Bonchev–Trinajstić information content (AvgIpc) is 2.76. The Balaban J connectivity index is 2.08. The van der Waals surface area contributed by atoms with E-state index in [1.807, 2.05) is 6.92 Å². The molecule has 7 heteroatoms. The summed E-state index contributed by atoms with van der Waals surface area (Å²) in [5.41, 5.74) is 2.10. The van der Waals surface area contributed by atoms with E-state index in [2.05, 4.69) is 47.2 Å². The minimum Gasteiger partial charge on any atom is -0.507 e. The van der Waals surface area contributed by atoms with Crippen molar-refractivity contribution in [1.29, 1.82) is 0 Å². The molecule has 0 bridgehead atoms. The van der Waals surface area contributed by atoms with Crippen molar-refractivity contribution < 1.29 is 9.84 Å². The van der Waals surface area contributed by atoms with E-state index in [1.165, 1.54) is 4.90 Å². The van der Waals surface area contributed by atoms with Crippen molar-refractivity contribution >= 4 is 11.8 Å². The average molecular weight is 432 g/mol. The Morgan fingerprint density at radius 1 is 1.17 bits per heavy atom. The topological polar surface area (TPSA) is 57.9 Å². The smallest absolute Gasteiger partial charge is 0.259 e. The zero-order valence-electron chi connectivity index (χ0n) is 18.4. The number of hydrogen-bond acceptors (Lipinski definition) is 6. The van der Waals surface area contributed by atoms with Gasteiger partial charge in [0.25, 0.3) is 5.56 Å². The van der Waals surface area contributed by atoms with Crippen LogP contribution in [0.2, 0.25) is 0 Å². The standard InChI is InChI=1S/C23H33N3O3S/c1-5-24-10-12-25(13-11-24)22(18-6-8-19(30-4)9-7-18)21-20(27)16-17(2)26(23(21)28)14-15-29-3/h6-9,16,22,27H,5,10-15H2,1-4H3/t22-/m0/s1. The van der Waals surface area contributed by atoms with Gasteiger partial charge in [-0.25, -0.2) is 0 Å². The molecule has 1 aromatic heterocycles. The Kier molecular flexibility index (Phi) is 7.99. The molecule has 6 nitrogen and oxygen atoms in total. The van der Waals surface area contributed by atoms with Crippen LogP contribution in [0, 0.1) is 6.92 Å². The van der Waals surface area contributed by atoms with Crippen LogP contribution in [0.5, 0.6) is 5.75 Å². The summed E-state index contributed by atoms with van der Waals surface area (Å²) in [4.78, 5) is 19.4. The van der Waals surface area contributed by atoms with Crippen LogP contribution < -0.4 is 5.56 Å². The molecular formula is C23H33N3O3S. The molecule has 0 spiro atoms. The van der Waals surface area contributed by atoms with Crippen molar-refractivity contribution in [3.8, 4) is 5.75 Å². The second-order valence-electron chi connectivity index (χ2n) is 7.68. The van der Waals surface area contributed by atoms with Gasteiger partial charge in [0.15, 0.2) is 0 Å². The van der Waals surface area contributed by atoms with E-state index in [9.17, 15) is 9.90 Å². The first-order valence-electron chi connectivity index (χ1n) is 10.5. The highest BCUT2D eigenvalue weighted by atomic mass is 32.2. The van der Waals surface area contributed by atoms with Gasteiger partial charge in [0.2, 0.25) is 0 Å². The maximum absolute atomic E-state index is 13.5. The Morgan fingerprint density at radius 3 is 2.40 bits per heavy atom. The maximum Gasteiger partial charge on any atom is 0.259 e. The van der Waals surface area contributed by atoms with Gasteiger partial charge < -0.3 is 19.3 Å². The molecule has 2 heterocycles. The van der Waals surface area contributed by atoms with Crippen LogP contribution >= 0.6 is 11.8 Å². The Labute approximate surface area is 183 Å². The third-order valence-corrected chi connectivity index (χ3v) is 6.71. The molecule has 30 heavy (non-hydrogen) atoms. The first-order chi connectivity index (χ1) is 14.5. The third-order valence-electron chi connectivity index (χ3n) is 5.97. The summed E-state index contributed by atoms with van der Waals surface area (Å²) in [7, 11) is 1.63. The summed E-state index contributed by atoms with van der Waals surface area (Å²) in [5, 5.41) is 10.9. The fourth-order valence-electron chi connectivity index (χ4n) is 4.17.